The summed E-state index contributed by atoms with van der Waals surface area (Å²) >= 11 is 3.27. The number of benzene rings is 2. The molecule has 0 N–H and O–H groups in total. The minimum Gasteiger partial charge on any atom is -0.410 e. The van der Waals surface area contributed by atoms with Crippen LogP contribution in [-0.4, -0.2) is 9.78 Å². The summed E-state index contributed by atoms with van der Waals surface area (Å²) in [6.45, 7) is 0. The number of ether oxygens (including phenoxy) is 1. The van der Waals surface area contributed by atoms with Crippen LogP contribution >= 0.6 is 15.9 Å². The van der Waals surface area contributed by atoms with Crippen LogP contribution in [0.25, 0.3) is 5.69 Å². The molecule has 112 valence electrons. The zero-order valence-electron chi connectivity index (χ0n) is 10.8. The molecule has 1 heterocycles. The first-order valence-corrected chi connectivity index (χ1v) is 6.81. The number of hydrogen-bond donors (Lipinski definition) is 0. The SMILES string of the molecule is O=c1oc(Oc2ccc(Br)cc2)nn1-c1cc(F)ccc1F. The van der Waals surface area contributed by atoms with Gasteiger partial charge < -0.3 is 9.15 Å². The Balaban J connectivity index is 1.95. The van der Waals surface area contributed by atoms with E-state index in [4.69, 9.17) is 9.15 Å². The maximum Gasteiger partial charge on any atom is 0.444 e. The van der Waals surface area contributed by atoms with Gasteiger partial charge in [-0.15, -0.1) is 0 Å². The van der Waals surface area contributed by atoms with Gasteiger partial charge in [0, 0.05) is 10.5 Å². The smallest absolute Gasteiger partial charge is 0.410 e. The predicted molar refractivity (Wildman–Crippen MR) is 76.2 cm³/mol. The van der Waals surface area contributed by atoms with E-state index in [1.54, 1.807) is 24.3 Å². The Labute approximate surface area is 130 Å². The highest BCUT2D eigenvalue weighted by molar-refractivity contribution is 9.10. The minimum absolute atomic E-state index is 0.362. The molecule has 0 bridgehead atoms. The highest BCUT2D eigenvalue weighted by atomic mass is 79.9. The molecule has 1 aromatic heterocycles. The summed E-state index contributed by atoms with van der Waals surface area (Å²) in [6.07, 6.45) is -0.379. The lowest BCUT2D eigenvalue weighted by atomic mass is 10.3. The quantitative estimate of drug-likeness (QED) is 0.707. The Bertz CT molecular complexity index is 875. The van der Waals surface area contributed by atoms with Crippen molar-refractivity contribution in [2.24, 2.45) is 0 Å². The second kappa shape index (κ2) is 5.72. The molecule has 0 aliphatic heterocycles. The standard InChI is InChI=1S/C14H7BrF2N2O3/c15-8-1-4-10(5-2-8)21-13-18-19(14(20)22-13)12-7-9(16)3-6-11(12)17/h1-7H. The van der Waals surface area contributed by atoms with Gasteiger partial charge in [0.25, 0.3) is 0 Å². The van der Waals surface area contributed by atoms with Crippen LogP contribution in [0.3, 0.4) is 0 Å². The van der Waals surface area contributed by atoms with Crippen molar-refractivity contribution >= 4 is 15.9 Å². The molecule has 5 nitrogen and oxygen atoms in total. The predicted octanol–water partition coefficient (Wildman–Crippen LogP) is 3.66. The monoisotopic (exact) mass is 368 g/mol. The molecule has 0 fully saturated rings. The van der Waals surface area contributed by atoms with E-state index in [0.29, 0.717) is 10.4 Å². The van der Waals surface area contributed by atoms with Gasteiger partial charge in [0.1, 0.15) is 23.1 Å². The normalized spacial score (nSPS) is 10.7. The second-order valence-corrected chi connectivity index (χ2v) is 5.11. The van der Waals surface area contributed by atoms with E-state index in [1.165, 1.54) is 0 Å². The molecule has 22 heavy (non-hydrogen) atoms. The number of hydrogen-bond acceptors (Lipinski definition) is 4. The van der Waals surface area contributed by atoms with Crippen molar-refractivity contribution < 1.29 is 17.9 Å². The highest BCUT2D eigenvalue weighted by Crippen LogP contribution is 2.22. The first kappa shape index (κ1) is 14.5. The Morgan fingerprint density at radius 2 is 1.86 bits per heavy atom. The molecule has 0 saturated heterocycles. The summed E-state index contributed by atoms with van der Waals surface area (Å²) in [7, 11) is 0. The summed E-state index contributed by atoms with van der Waals surface area (Å²) in [5.74, 6) is -2.14. The molecule has 0 aliphatic rings. The molecule has 3 aromatic rings. The lowest BCUT2D eigenvalue weighted by Crippen LogP contribution is -2.15. The molecule has 0 radical (unpaired) electrons. The topological polar surface area (TPSA) is 57.3 Å². The van der Waals surface area contributed by atoms with Gasteiger partial charge in [-0.05, 0) is 36.4 Å². The first-order chi connectivity index (χ1) is 10.5. The van der Waals surface area contributed by atoms with E-state index in [2.05, 4.69) is 21.0 Å². The first-order valence-electron chi connectivity index (χ1n) is 6.02. The molecule has 0 spiro atoms. The van der Waals surface area contributed by atoms with Gasteiger partial charge in [-0.25, -0.2) is 13.6 Å². The molecule has 0 unspecified atom stereocenters. The molecule has 0 atom stereocenters. The third-order valence-corrected chi connectivity index (χ3v) is 3.21. The van der Waals surface area contributed by atoms with Crippen molar-refractivity contribution in [3.63, 3.8) is 0 Å². The van der Waals surface area contributed by atoms with Crippen LogP contribution in [0, 0.1) is 11.6 Å². The second-order valence-electron chi connectivity index (χ2n) is 4.20. The average molecular weight is 369 g/mol. The van der Waals surface area contributed by atoms with E-state index >= 15 is 0 Å². The molecule has 0 saturated carbocycles. The Morgan fingerprint density at radius 1 is 1.14 bits per heavy atom. The largest absolute Gasteiger partial charge is 0.444 e. The molecule has 0 amide bonds. The molecule has 3 rings (SSSR count). The van der Waals surface area contributed by atoms with Gasteiger partial charge in [0.05, 0.1) is 0 Å². The van der Waals surface area contributed by atoms with Crippen molar-refractivity contribution in [1.29, 1.82) is 0 Å². The fourth-order valence-electron chi connectivity index (χ4n) is 1.71. The lowest BCUT2D eigenvalue weighted by molar-refractivity contribution is 0.320. The molecule has 8 heteroatoms. The van der Waals surface area contributed by atoms with Gasteiger partial charge in [-0.2, -0.15) is 4.68 Å². The third-order valence-electron chi connectivity index (χ3n) is 2.68. The molecular formula is C14H7BrF2N2O3. The van der Waals surface area contributed by atoms with Gasteiger partial charge in [0.15, 0.2) is 0 Å². The zero-order chi connectivity index (χ0) is 15.7. The van der Waals surface area contributed by atoms with Crippen molar-refractivity contribution in [2.75, 3.05) is 0 Å². The van der Waals surface area contributed by atoms with Crippen molar-refractivity contribution in [2.45, 2.75) is 0 Å². The van der Waals surface area contributed by atoms with Crippen LogP contribution in [0.2, 0.25) is 0 Å². The van der Waals surface area contributed by atoms with Crippen LogP contribution < -0.4 is 10.5 Å². The zero-order valence-corrected chi connectivity index (χ0v) is 12.4. The number of rotatable bonds is 3. The maximum absolute atomic E-state index is 13.7. The van der Waals surface area contributed by atoms with Gasteiger partial charge in [0.2, 0.25) is 0 Å². The highest BCUT2D eigenvalue weighted by Gasteiger charge is 2.15. The van der Waals surface area contributed by atoms with Crippen LogP contribution in [-0.2, 0) is 0 Å². The van der Waals surface area contributed by atoms with E-state index in [1.807, 2.05) is 0 Å². The fraction of sp³-hybridized carbons (Fsp3) is 0. The van der Waals surface area contributed by atoms with Crippen molar-refractivity contribution in [1.82, 2.24) is 9.78 Å². The molecule has 0 aliphatic carbocycles. The summed E-state index contributed by atoms with van der Waals surface area (Å²) in [6, 6.07) is 9.33. The fourth-order valence-corrected chi connectivity index (χ4v) is 1.97. The summed E-state index contributed by atoms with van der Waals surface area (Å²) in [5, 5.41) is 3.70. The number of aromatic nitrogens is 2. The average Bonchev–Trinajstić information content (AvgIpc) is 2.84. The van der Waals surface area contributed by atoms with Crippen LogP contribution in [0.1, 0.15) is 0 Å². The van der Waals surface area contributed by atoms with E-state index in [-0.39, 0.29) is 11.8 Å². The lowest BCUT2D eigenvalue weighted by Gasteiger charge is -2.01. The van der Waals surface area contributed by atoms with Crippen LogP contribution in [0.5, 0.6) is 11.8 Å². The number of nitrogens with zero attached hydrogens (tertiary/aromatic N) is 2. The Morgan fingerprint density at radius 3 is 2.59 bits per heavy atom. The van der Waals surface area contributed by atoms with Gasteiger partial charge in [-0.1, -0.05) is 21.0 Å². The maximum atomic E-state index is 13.7. The summed E-state index contributed by atoms with van der Waals surface area (Å²) < 4.78 is 38.3. The summed E-state index contributed by atoms with van der Waals surface area (Å²) in [4.78, 5) is 11.7. The Kier molecular flexibility index (Phi) is 3.76. The minimum atomic E-state index is -0.989. The van der Waals surface area contributed by atoms with Gasteiger partial charge >= 0.3 is 11.8 Å². The number of halogens is 3. The van der Waals surface area contributed by atoms with E-state index < -0.39 is 17.4 Å². The van der Waals surface area contributed by atoms with Crippen molar-refractivity contribution in [3.05, 3.63) is 69.1 Å². The van der Waals surface area contributed by atoms with E-state index in [9.17, 15) is 13.6 Å². The van der Waals surface area contributed by atoms with Crippen LogP contribution in [0.15, 0.2) is 56.1 Å². The summed E-state index contributed by atoms with van der Waals surface area (Å²) in [5.41, 5.74) is -0.362. The van der Waals surface area contributed by atoms with Gasteiger partial charge in [-0.3, -0.25) is 0 Å². The van der Waals surface area contributed by atoms with Crippen LogP contribution in [0.4, 0.5) is 8.78 Å². The van der Waals surface area contributed by atoms with Crippen molar-refractivity contribution in [3.8, 4) is 17.5 Å². The molecule has 2 aromatic carbocycles. The molecular weight excluding hydrogens is 362 g/mol. The third kappa shape index (κ3) is 2.91. The Hall–Kier alpha value is -2.48. The van der Waals surface area contributed by atoms with E-state index in [0.717, 1.165) is 22.7 Å².